The molecule has 19 heavy (non-hydrogen) atoms. The summed E-state index contributed by atoms with van der Waals surface area (Å²) in [4.78, 5) is 2.71. The molecule has 0 bridgehead atoms. The fourth-order valence-corrected chi connectivity index (χ4v) is 1.86. The molecule has 1 aromatic carbocycles. The van der Waals surface area contributed by atoms with E-state index in [-0.39, 0.29) is 12.6 Å². The van der Waals surface area contributed by atoms with Gasteiger partial charge in [-0.2, -0.15) is 0 Å². The van der Waals surface area contributed by atoms with Gasteiger partial charge in [-0.25, -0.2) is 0 Å². The number of rotatable bonds is 8. The largest absolute Gasteiger partial charge is 0.493 e. The molecule has 0 aliphatic rings. The second-order valence-electron chi connectivity index (χ2n) is 4.79. The van der Waals surface area contributed by atoms with Crippen LogP contribution < -0.4 is 10.5 Å². The van der Waals surface area contributed by atoms with Crippen molar-refractivity contribution < 1.29 is 4.74 Å². The summed E-state index contributed by atoms with van der Waals surface area (Å²) in [7, 11) is 0. The summed E-state index contributed by atoms with van der Waals surface area (Å²) >= 11 is 0. The van der Waals surface area contributed by atoms with E-state index in [0.717, 1.165) is 17.9 Å². The molecule has 0 amide bonds. The second kappa shape index (κ2) is 8.40. The molecule has 1 unspecified atom stereocenters. The van der Waals surface area contributed by atoms with E-state index in [1.165, 1.54) is 12.8 Å². The third kappa shape index (κ3) is 5.64. The predicted octanol–water partition coefficient (Wildman–Crippen LogP) is 3.81. The first-order valence-electron chi connectivity index (χ1n) is 6.66. The molecule has 5 nitrogen and oxygen atoms in total. The highest BCUT2D eigenvalue weighted by molar-refractivity contribution is 5.29. The fraction of sp³-hybridized carbons (Fsp3) is 0.571. The summed E-state index contributed by atoms with van der Waals surface area (Å²) in [5.41, 5.74) is 15.1. The van der Waals surface area contributed by atoms with Crippen LogP contribution in [0.1, 0.15) is 38.3 Å². The monoisotopic (exact) mass is 262 g/mol. The molecule has 0 heterocycles. The lowest BCUT2D eigenvalue weighted by atomic mass is 10.1. The summed E-state index contributed by atoms with van der Waals surface area (Å²) in [6.07, 6.45) is 2.35. The van der Waals surface area contributed by atoms with Crippen molar-refractivity contribution in [1.82, 2.24) is 0 Å². The molecule has 0 aliphatic heterocycles. The van der Waals surface area contributed by atoms with Gasteiger partial charge in [0, 0.05) is 17.5 Å². The number of benzene rings is 1. The van der Waals surface area contributed by atoms with Crippen LogP contribution in [0.15, 0.2) is 29.4 Å². The zero-order valence-corrected chi connectivity index (χ0v) is 11.6. The van der Waals surface area contributed by atoms with Gasteiger partial charge >= 0.3 is 0 Å². The van der Waals surface area contributed by atoms with Crippen LogP contribution in [0.2, 0.25) is 0 Å². The van der Waals surface area contributed by atoms with E-state index in [1.54, 1.807) is 0 Å². The summed E-state index contributed by atoms with van der Waals surface area (Å²) in [6.45, 7) is 5.37. The van der Waals surface area contributed by atoms with Crippen LogP contribution in [0.5, 0.6) is 5.75 Å². The molecule has 0 radical (unpaired) electrons. The molecule has 0 aromatic heterocycles. The number of hydrogen-bond acceptors (Lipinski definition) is 3. The van der Waals surface area contributed by atoms with E-state index in [4.69, 9.17) is 16.0 Å². The van der Waals surface area contributed by atoms with Crippen molar-refractivity contribution >= 4 is 0 Å². The average molecular weight is 262 g/mol. The van der Waals surface area contributed by atoms with Crippen molar-refractivity contribution in [3.63, 3.8) is 0 Å². The molecule has 2 N–H and O–H groups in total. The smallest absolute Gasteiger partial charge is 0.119 e. The lowest BCUT2D eigenvalue weighted by molar-refractivity contribution is 0.251. The van der Waals surface area contributed by atoms with E-state index in [9.17, 15) is 0 Å². The van der Waals surface area contributed by atoms with Crippen LogP contribution in [0, 0.1) is 5.92 Å². The van der Waals surface area contributed by atoms with Gasteiger partial charge in [0.25, 0.3) is 0 Å². The minimum Gasteiger partial charge on any atom is -0.493 e. The molecular weight excluding hydrogens is 240 g/mol. The second-order valence-corrected chi connectivity index (χ2v) is 4.79. The van der Waals surface area contributed by atoms with Crippen molar-refractivity contribution in [1.29, 1.82) is 0 Å². The maximum Gasteiger partial charge on any atom is 0.119 e. The van der Waals surface area contributed by atoms with E-state index in [2.05, 4.69) is 23.9 Å². The van der Waals surface area contributed by atoms with Crippen molar-refractivity contribution in [2.45, 2.75) is 32.7 Å². The normalized spacial score (nSPS) is 13.4. The number of nitrogens with zero attached hydrogens (tertiary/aromatic N) is 3. The number of hydrogen-bond donors (Lipinski definition) is 1. The van der Waals surface area contributed by atoms with E-state index >= 15 is 0 Å². The fourth-order valence-electron chi connectivity index (χ4n) is 1.86. The first kappa shape index (κ1) is 15.3. The van der Waals surface area contributed by atoms with Crippen LogP contribution in [0.3, 0.4) is 0 Å². The van der Waals surface area contributed by atoms with Gasteiger partial charge in [-0.3, -0.25) is 0 Å². The highest BCUT2D eigenvalue weighted by atomic mass is 16.5. The van der Waals surface area contributed by atoms with E-state index in [0.29, 0.717) is 5.92 Å². The molecule has 0 saturated carbocycles. The van der Waals surface area contributed by atoms with Gasteiger partial charge in [-0.05, 0) is 35.6 Å². The summed E-state index contributed by atoms with van der Waals surface area (Å²) < 4.78 is 5.71. The summed E-state index contributed by atoms with van der Waals surface area (Å²) in [6, 6.07) is 7.38. The molecule has 1 aromatic rings. The quantitative estimate of drug-likeness (QED) is 0.439. The molecule has 0 fully saturated rings. The highest BCUT2D eigenvalue weighted by Gasteiger charge is 2.06. The molecule has 2 atom stereocenters. The van der Waals surface area contributed by atoms with Crippen molar-refractivity contribution in [2.24, 2.45) is 16.8 Å². The van der Waals surface area contributed by atoms with Gasteiger partial charge in [-0.15, -0.1) is 0 Å². The van der Waals surface area contributed by atoms with Crippen LogP contribution in [0.4, 0.5) is 0 Å². The average Bonchev–Trinajstić information content (AvgIpc) is 2.43. The van der Waals surface area contributed by atoms with Gasteiger partial charge in [0.05, 0.1) is 6.61 Å². The van der Waals surface area contributed by atoms with Crippen molar-refractivity contribution in [3.8, 4) is 5.75 Å². The Morgan fingerprint density at radius 2 is 2.05 bits per heavy atom. The Hall–Kier alpha value is -1.71. The molecule has 0 saturated heterocycles. The third-order valence-electron chi connectivity index (χ3n) is 2.97. The Morgan fingerprint density at radius 3 is 2.63 bits per heavy atom. The zero-order chi connectivity index (χ0) is 14.1. The minimum absolute atomic E-state index is 0.260. The zero-order valence-electron chi connectivity index (χ0n) is 11.6. The van der Waals surface area contributed by atoms with E-state index < -0.39 is 0 Å². The third-order valence-corrected chi connectivity index (χ3v) is 2.97. The first-order valence-corrected chi connectivity index (χ1v) is 6.66. The maximum absolute atomic E-state index is 8.25. The summed E-state index contributed by atoms with van der Waals surface area (Å²) in [5.74, 6) is 1.42. The molecule has 5 heteroatoms. The summed E-state index contributed by atoms with van der Waals surface area (Å²) in [5, 5.41) is 3.47. The molecule has 104 valence electrons. The standard InChI is InChI=1S/C14H22N4O/c1-3-4-11(2)10-19-13-7-5-12(6-8-13)14(15)9-17-18-16/h5-8,11,14H,3-4,9-10,15H2,1-2H3/t11?,14-/m0/s1. The number of nitrogens with two attached hydrogens (primary N) is 1. The van der Waals surface area contributed by atoms with Gasteiger partial charge < -0.3 is 10.5 Å². The Kier molecular flexibility index (Phi) is 6.79. The molecular formula is C14H22N4O. The molecule has 0 spiro atoms. The Morgan fingerprint density at radius 1 is 1.37 bits per heavy atom. The maximum atomic E-state index is 8.25. The van der Waals surface area contributed by atoms with Crippen LogP contribution in [-0.2, 0) is 0 Å². The van der Waals surface area contributed by atoms with Gasteiger partial charge in [0.15, 0.2) is 0 Å². The topological polar surface area (TPSA) is 84.0 Å². The van der Waals surface area contributed by atoms with Crippen LogP contribution >= 0.6 is 0 Å². The molecule has 1 rings (SSSR count). The van der Waals surface area contributed by atoms with Crippen molar-refractivity contribution in [2.75, 3.05) is 13.2 Å². The number of ether oxygens (including phenoxy) is 1. The number of azide groups is 1. The Balaban J connectivity index is 2.49. The lowest BCUT2D eigenvalue weighted by Gasteiger charge is -2.13. The van der Waals surface area contributed by atoms with Crippen LogP contribution in [0.25, 0.3) is 10.4 Å². The predicted molar refractivity (Wildman–Crippen MR) is 77.0 cm³/mol. The SMILES string of the molecule is CCCC(C)COc1ccc([C@@H](N)CN=[N+]=[N-])cc1. The van der Waals surface area contributed by atoms with Gasteiger partial charge in [0.2, 0.25) is 0 Å². The first-order chi connectivity index (χ1) is 9.17. The van der Waals surface area contributed by atoms with Crippen LogP contribution in [-0.4, -0.2) is 13.2 Å². The lowest BCUT2D eigenvalue weighted by Crippen LogP contribution is -2.13. The highest BCUT2D eigenvalue weighted by Crippen LogP contribution is 2.18. The van der Waals surface area contributed by atoms with E-state index in [1.807, 2.05) is 24.3 Å². The molecule has 0 aliphatic carbocycles. The Labute approximate surface area is 114 Å². The Bertz CT molecular complexity index is 412. The van der Waals surface area contributed by atoms with Crippen molar-refractivity contribution in [3.05, 3.63) is 40.3 Å². The minimum atomic E-state index is -0.260. The van der Waals surface area contributed by atoms with Gasteiger partial charge in [0.1, 0.15) is 5.75 Å². The van der Waals surface area contributed by atoms with Gasteiger partial charge in [-0.1, -0.05) is 37.5 Å².